The van der Waals surface area contributed by atoms with Crippen LogP contribution in [0.5, 0.6) is 0 Å². The number of piperazine rings is 1. The number of hydrogen-bond donors (Lipinski definition) is 0. The summed E-state index contributed by atoms with van der Waals surface area (Å²) in [4.78, 5) is 19.9. The second kappa shape index (κ2) is 9.20. The van der Waals surface area contributed by atoms with Crippen molar-refractivity contribution < 1.29 is 4.79 Å². The first kappa shape index (κ1) is 18.9. The fourth-order valence-electron chi connectivity index (χ4n) is 5.18. The predicted octanol–water partition coefficient (Wildman–Crippen LogP) is 3.03. The van der Waals surface area contributed by atoms with Crippen LogP contribution in [0, 0.1) is 5.92 Å². The van der Waals surface area contributed by atoms with Gasteiger partial charge in [0.15, 0.2) is 0 Å². The molecule has 2 saturated heterocycles. The zero-order chi connectivity index (χ0) is 18.5. The lowest BCUT2D eigenvalue weighted by Crippen LogP contribution is -2.52. The van der Waals surface area contributed by atoms with Crippen molar-refractivity contribution in [2.45, 2.75) is 51.0 Å². The van der Waals surface area contributed by atoms with E-state index in [0.717, 1.165) is 70.5 Å². The van der Waals surface area contributed by atoms with Gasteiger partial charge in [-0.05, 0) is 43.6 Å². The van der Waals surface area contributed by atoms with Gasteiger partial charge in [-0.3, -0.25) is 14.6 Å². The number of rotatable bonds is 5. The normalized spacial score (nSPS) is 23.8. The second-order valence-corrected chi connectivity index (χ2v) is 8.76. The van der Waals surface area contributed by atoms with Gasteiger partial charge in [0.25, 0.3) is 0 Å². The molecule has 4 heteroatoms. The minimum absolute atomic E-state index is 0.350. The summed E-state index contributed by atoms with van der Waals surface area (Å²) in [6.45, 7) is 6.94. The third-order valence-electron chi connectivity index (χ3n) is 6.94. The van der Waals surface area contributed by atoms with Gasteiger partial charge in [-0.25, -0.2) is 0 Å². The number of likely N-dealkylation sites (tertiary alicyclic amines) is 1. The average Bonchev–Trinajstić information content (AvgIpc) is 3.25. The molecule has 0 spiro atoms. The first-order valence-electron chi connectivity index (χ1n) is 11.1. The molecular formula is C23H35N3O. The van der Waals surface area contributed by atoms with Gasteiger partial charge in [-0.15, -0.1) is 0 Å². The Bertz CT molecular complexity index is 583. The molecule has 4 rings (SSSR count). The van der Waals surface area contributed by atoms with Gasteiger partial charge >= 0.3 is 0 Å². The smallest absolute Gasteiger partial charge is 0.236 e. The molecule has 2 aliphatic heterocycles. The van der Waals surface area contributed by atoms with Crippen LogP contribution in [0.3, 0.4) is 0 Å². The molecule has 4 nitrogen and oxygen atoms in total. The Balaban J connectivity index is 1.17. The summed E-state index contributed by atoms with van der Waals surface area (Å²) in [6.07, 6.45) is 9.04. The quantitative estimate of drug-likeness (QED) is 0.798. The van der Waals surface area contributed by atoms with E-state index in [9.17, 15) is 4.79 Å². The van der Waals surface area contributed by atoms with Gasteiger partial charge < -0.3 is 4.90 Å². The first-order chi connectivity index (χ1) is 13.3. The van der Waals surface area contributed by atoms with Crippen molar-refractivity contribution in [3.63, 3.8) is 0 Å². The predicted molar refractivity (Wildman–Crippen MR) is 110 cm³/mol. The van der Waals surface area contributed by atoms with E-state index in [1.54, 1.807) is 0 Å². The molecule has 0 atom stereocenters. The standard InChI is InChI=1S/C23H35N3O/c27-23(19-24-14-16-25(17-15-24)22-8-4-5-9-22)26-12-10-21(11-13-26)18-20-6-2-1-3-7-20/h1-3,6-7,21-22H,4-5,8-19H2. The van der Waals surface area contributed by atoms with Crippen molar-refractivity contribution in [2.24, 2.45) is 5.92 Å². The molecule has 0 N–H and O–H groups in total. The average molecular weight is 370 g/mol. The van der Waals surface area contributed by atoms with Crippen molar-refractivity contribution in [1.82, 2.24) is 14.7 Å². The van der Waals surface area contributed by atoms with E-state index >= 15 is 0 Å². The van der Waals surface area contributed by atoms with Crippen LogP contribution in [0.15, 0.2) is 30.3 Å². The van der Waals surface area contributed by atoms with Crippen LogP contribution in [0.1, 0.15) is 44.1 Å². The van der Waals surface area contributed by atoms with Gasteiger partial charge in [0.1, 0.15) is 0 Å². The lowest BCUT2D eigenvalue weighted by atomic mass is 9.90. The number of carbonyl (C=O) groups is 1. The summed E-state index contributed by atoms with van der Waals surface area (Å²) in [5.41, 5.74) is 1.43. The summed E-state index contributed by atoms with van der Waals surface area (Å²) < 4.78 is 0. The summed E-state index contributed by atoms with van der Waals surface area (Å²) in [5.74, 6) is 1.08. The minimum atomic E-state index is 0.350. The fraction of sp³-hybridized carbons (Fsp3) is 0.696. The maximum absolute atomic E-state index is 12.7. The van der Waals surface area contributed by atoms with Crippen molar-refractivity contribution in [2.75, 3.05) is 45.8 Å². The SMILES string of the molecule is O=C(CN1CCN(C2CCCC2)CC1)N1CCC(Cc2ccccc2)CC1. The van der Waals surface area contributed by atoms with E-state index in [1.165, 1.54) is 31.2 Å². The molecule has 0 aromatic heterocycles. The van der Waals surface area contributed by atoms with Gasteiger partial charge in [-0.2, -0.15) is 0 Å². The van der Waals surface area contributed by atoms with E-state index in [4.69, 9.17) is 0 Å². The number of nitrogens with zero attached hydrogens (tertiary/aromatic N) is 3. The number of benzene rings is 1. The van der Waals surface area contributed by atoms with Crippen molar-refractivity contribution in [3.05, 3.63) is 35.9 Å². The number of hydrogen-bond acceptors (Lipinski definition) is 3. The van der Waals surface area contributed by atoms with Crippen LogP contribution >= 0.6 is 0 Å². The van der Waals surface area contributed by atoms with E-state index in [1.807, 2.05) is 0 Å². The molecule has 1 aliphatic carbocycles. The molecule has 1 amide bonds. The largest absolute Gasteiger partial charge is 0.342 e. The Morgan fingerprint density at radius 1 is 0.852 bits per heavy atom. The van der Waals surface area contributed by atoms with Gasteiger partial charge in [0.05, 0.1) is 6.54 Å². The van der Waals surface area contributed by atoms with Crippen LogP contribution in [0.4, 0.5) is 0 Å². The van der Waals surface area contributed by atoms with Crippen molar-refractivity contribution in [3.8, 4) is 0 Å². The third kappa shape index (κ3) is 5.11. The highest BCUT2D eigenvalue weighted by Gasteiger charge is 2.28. The van der Waals surface area contributed by atoms with E-state index in [-0.39, 0.29) is 0 Å². The number of carbonyl (C=O) groups excluding carboxylic acids is 1. The lowest BCUT2D eigenvalue weighted by Gasteiger charge is -2.39. The molecule has 1 saturated carbocycles. The Morgan fingerprint density at radius 3 is 2.19 bits per heavy atom. The second-order valence-electron chi connectivity index (χ2n) is 8.76. The molecule has 27 heavy (non-hydrogen) atoms. The highest BCUT2D eigenvalue weighted by molar-refractivity contribution is 5.78. The number of piperidine rings is 1. The van der Waals surface area contributed by atoms with Crippen molar-refractivity contribution >= 4 is 5.91 Å². The highest BCUT2D eigenvalue weighted by atomic mass is 16.2. The fourth-order valence-corrected chi connectivity index (χ4v) is 5.18. The van der Waals surface area contributed by atoms with Crippen LogP contribution in [-0.2, 0) is 11.2 Å². The molecule has 1 aromatic rings. The molecule has 0 bridgehead atoms. The maximum atomic E-state index is 12.7. The molecular weight excluding hydrogens is 334 g/mol. The Hall–Kier alpha value is -1.39. The molecule has 3 fully saturated rings. The highest BCUT2D eigenvalue weighted by Crippen LogP contribution is 2.25. The Morgan fingerprint density at radius 2 is 1.52 bits per heavy atom. The van der Waals surface area contributed by atoms with E-state index < -0.39 is 0 Å². The molecule has 148 valence electrons. The summed E-state index contributed by atoms with van der Waals surface area (Å²) in [5, 5.41) is 0. The van der Waals surface area contributed by atoms with Crippen LogP contribution < -0.4 is 0 Å². The Kier molecular flexibility index (Phi) is 6.46. The topological polar surface area (TPSA) is 26.8 Å². The maximum Gasteiger partial charge on any atom is 0.236 e. The molecule has 0 radical (unpaired) electrons. The molecule has 2 heterocycles. The summed E-state index contributed by atoms with van der Waals surface area (Å²) >= 11 is 0. The van der Waals surface area contributed by atoms with Gasteiger partial charge in [0, 0.05) is 45.3 Å². The molecule has 1 aromatic carbocycles. The lowest BCUT2D eigenvalue weighted by molar-refractivity contribution is -0.134. The third-order valence-corrected chi connectivity index (χ3v) is 6.94. The minimum Gasteiger partial charge on any atom is -0.342 e. The van der Waals surface area contributed by atoms with E-state index in [2.05, 4.69) is 45.0 Å². The molecule has 0 unspecified atom stereocenters. The molecule has 3 aliphatic rings. The Labute approximate surface area is 164 Å². The zero-order valence-corrected chi connectivity index (χ0v) is 16.7. The monoisotopic (exact) mass is 369 g/mol. The number of amides is 1. The summed E-state index contributed by atoms with van der Waals surface area (Å²) in [7, 11) is 0. The zero-order valence-electron chi connectivity index (χ0n) is 16.7. The summed E-state index contributed by atoms with van der Waals surface area (Å²) in [6, 6.07) is 11.6. The van der Waals surface area contributed by atoms with Crippen LogP contribution in [0.2, 0.25) is 0 Å². The van der Waals surface area contributed by atoms with Crippen molar-refractivity contribution in [1.29, 1.82) is 0 Å². The first-order valence-corrected chi connectivity index (χ1v) is 11.1. The van der Waals surface area contributed by atoms with Gasteiger partial charge in [0.2, 0.25) is 5.91 Å². The van der Waals surface area contributed by atoms with Crippen LogP contribution in [-0.4, -0.2) is 72.5 Å². The van der Waals surface area contributed by atoms with E-state index in [0.29, 0.717) is 12.5 Å². The van der Waals surface area contributed by atoms with Gasteiger partial charge in [-0.1, -0.05) is 43.2 Å². The van der Waals surface area contributed by atoms with Crippen LogP contribution in [0.25, 0.3) is 0 Å².